The first kappa shape index (κ1) is 12.7. The Morgan fingerprint density at radius 2 is 2.28 bits per heavy atom. The van der Waals surface area contributed by atoms with Gasteiger partial charge < -0.3 is 16.4 Å². The zero-order chi connectivity index (χ0) is 13.3. The molecule has 2 rings (SSSR count). The number of piperidine rings is 1. The summed E-state index contributed by atoms with van der Waals surface area (Å²) in [5, 5.41) is 10.7. The highest BCUT2D eigenvalue weighted by Gasteiger charge is 2.22. The van der Waals surface area contributed by atoms with Gasteiger partial charge in [0.1, 0.15) is 5.82 Å². The first-order chi connectivity index (χ1) is 8.49. The minimum absolute atomic E-state index is 0.120. The van der Waals surface area contributed by atoms with Crippen LogP contribution in [0.5, 0.6) is 0 Å². The summed E-state index contributed by atoms with van der Waals surface area (Å²) < 4.78 is 1.90. The molecule has 4 N–H and O–H groups in total. The van der Waals surface area contributed by atoms with Gasteiger partial charge in [0.25, 0.3) is 0 Å². The minimum atomic E-state index is 0.120. The predicted molar refractivity (Wildman–Crippen MR) is 71.4 cm³/mol. The van der Waals surface area contributed by atoms with Crippen molar-refractivity contribution in [2.45, 2.75) is 45.7 Å². The second-order valence-electron chi connectivity index (χ2n) is 5.07. The SMILES string of the molecule is Cc1nn(C(C)C)c(NC2CCC(=O)NC2)c1N. The first-order valence-corrected chi connectivity index (χ1v) is 6.37. The summed E-state index contributed by atoms with van der Waals surface area (Å²) in [6.45, 7) is 6.68. The third-order valence-electron chi connectivity index (χ3n) is 3.23. The van der Waals surface area contributed by atoms with E-state index in [0.717, 1.165) is 17.9 Å². The number of carbonyl (C=O) groups excluding carboxylic acids is 1. The Morgan fingerprint density at radius 3 is 2.83 bits per heavy atom. The molecule has 1 saturated heterocycles. The van der Waals surface area contributed by atoms with Crippen molar-refractivity contribution in [2.24, 2.45) is 0 Å². The fourth-order valence-corrected chi connectivity index (χ4v) is 2.13. The maximum atomic E-state index is 11.1. The Morgan fingerprint density at radius 1 is 1.56 bits per heavy atom. The third kappa shape index (κ3) is 2.42. The number of nitrogens with two attached hydrogens (primary N) is 1. The molecule has 1 atom stereocenters. The van der Waals surface area contributed by atoms with Crippen molar-refractivity contribution in [1.82, 2.24) is 15.1 Å². The van der Waals surface area contributed by atoms with Crippen LogP contribution < -0.4 is 16.4 Å². The molecule has 1 aliphatic heterocycles. The number of hydrogen-bond donors (Lipinski definition) is 3. The normalized spacial score (nSPS) is 20.0. The van der Waals surface area contributed by atoms with E-state index in [2.05, 4.69) is 29.6 Å². The van der Waals surface area contributed by atoms with E-state index in [1.807, 2.05) is 11.6 Å². The molecule has 1 aromatic rings. The molecule has 0 spiro atoms. The van der Waals surface area contributed by atoms with Crippen molar-refractivity contribution >= 4 is 17.4 Å². The van der Waals surface area contributed by atoms with Gasteiger partial charge in [-0.25, -0.2) is 4.68 Å². The standard InChI is InChI=1S/C12H21N5O/c1-7(2)17-12(11(13)8(3)16-17)15-9-4-5-10(18)14-6-9/h7,9,15H,4-6,13H2,1-3H3,(H,14,18). The summed E-state index contributed by atoms with van der Waals surface area (Å²) in [4.78, 5) is 11.1. The molecule has 0 saturated carbocycles. The van der Waals surface area contributed by atoms with Crippen LogP contribution in [0.3, 0.4) is 0 Å². The van der Waals surface area contributed by atoms with E-state index in [0.29, 0.717) is 18.7 Å². The molecule has 0 aliphatic carbocycles. The molecule has 100 valence electrons. The Hall–Kier alpha value is -1.72. The minimum Gasteiger partial charge on any atom is -0.394 e. The number of anilines is 2. The van der Waals surface area contributed by atoms with Gasteiger partial charge in [0.15, 0.2) is 0 Å². The number of aryl methyl sites for hydroxylation is 1. The fourth-order valence-electron chi connectivity index (χ4n) is 2.13. The number of nitrogens with zero attached hydrogens (tertiary/aromatic N) is 2. The van der Waals surface area contributed by atoms with Crippen LogP contribution in [0.1, 0.15) is 38.4 Å². The lowest BCUT2D eigenvalue weighted by Crippen LogP contribution is -2.42. The van der Waals surface area contributed by atoms with Gasteiger partial charge in [0.05, 0.1) is 11.4 Å². The van der Waals surface area contributed by atoms with Crippen LogP contribution in [0.2, 0.25) is 0 Å². The Balaban J connectivity index is 2.15. The van der Waals surface area contributed by atoms with Crippen molar-refractivity contribution in [1.29, 1.82) is 0 Å². The zero-order valence-corrected chi connectivity index (χ0v) is 11.2. The quantitative estimate of drug-likeness (QED) is 0.749. The van der Waals surface area contributed by atoms with E-state index >= 15 is 0 Å². The first-order valence-electron chi connectivity index (χ1n) is 6.37. The molecule has 1 aliphatic rings. The van der Waals surface area contributed by atoms with E-state index in [9.17, 15) is 4.79 Å². The lowest BCUT2D eigenvalue weighted by Gasteiger charge is -2.25. The topological polar surface area (TPSA) is 85.0 Å². The molecule has 1 unspecified atom stereocenters. The average Bonchev–Trinajstić information content (AvgIpc) is 2.60. The van der Waals surface area contributed by atoms with Crippen LogP contribution in [-0.4, -0.2) is 28.3 Å². The van der Waals surface area contributed by atoms with Crippen molar-refractivity contribution in [2.75, 3.05) is 17.6 Å². The highest BCUT2D eigenvalue weighted by atomic mass is 16.1. The number of hydrogen-bond acceptors (Lipinski definition) is 4. The van der Waals surface area contributed by atoms with E-state index in [-0.39, 0.29) is 18.0 Å². The van der Waals surface area contributed by atoms with E-state index in [1.165, 1.54) is 0 Å². The van der Waals surface area contributed by atoms with Gasteiger partial charge in [-0.05, 0) is 27.2 Å². The van der Waals surface area contributed by atoms with Crippen LogP contribution in [0, 0.1) is 6.92 Å². The van der Waals surface area contributed by atoms with Gasteiger partial charge in [-0.1, -0.05) is 0 Å². The van der Waals surface area contributed by atoms with Gasteiger partial charge in [-0.15, -0.1) is 0 Å². The second kappa shape index (κ2) is 4.88. The van der Waals surface area contributed by atoms with E-state index < -0.39 is 0 Å². The van der Waals surface area contributed by atoms with Crippen LogP contribution in [0.4, 0.5) is 11.5 Å². The molecule has 6 heteroatoms. The maximum Gasteiger partial charge on any atom is 0.220 e. The molecule has 0 aromatic carbocycles. The highest BCUT2D eigenvalue weighted by Crippen LogP contribution is 2.26. The molecule has 2 heterocycles. The van der Waals surface area contributed by atoms with Crippen LogP contribution in [0.25, 0.3) is 0 Å². The Kier molecular flexibility index (Phi) is 3.45. The van der Waals surface area contributed by atoms with Gasteiger partial charge in [0.2, 0.25) is 5.91 Å². The number of amides is 1. The Bertz CT molecular complexity index is 442. The lowest BCUT2D eigenvalue weighted by molar-refractivity contribution is -0.122. The highest BCUT2D eigenvalue weighted by molar-refractivity contribution is 5.77. The van der Waals surface area contributed by atoms with E-state index in [4.69, 9.17) is 5.73 Å². The summed E-state index contributed by atoms with van der Waals surface area (Å²) >= 11 is 0. The summed E-state index contributed by atoms with van der Waals surface area (Å²) in [7, 11) is 0. The number of carbonyl (C=O) groups is 1. The summed E-state index contributed by atoms with van der Waals surface area (Å²) in [5.74, 6) is 0.984. The van der Waals surface area contributed by atoms with Gasteiger partial charge in [0, 0.05) is 25.0 Å². The van der Waals surface area contributed by atoms with Gasteiger partial charge in [-0.3, -0.25) is 4.79 Å². The smallest absolute Gasteiger partial charge is 0.220 e. The molecule has 6 nitrogen and oxygen atoms in total. The van der Waals surface area contributed by atoms with Crippen molar-refractivity contribution < 1.29 is 4.79 Å². The molecular weight excluding hydrogens is 230 g/mol. The van der Waals surface area contributed by atoms with Crippen molar-refractivity contribution in [3.8, 4) is 0 Å². The monoisotopic (exact) mass is 251 g/mol. The Labute approximate surface area is 107 Å². The third-order valence-corrected chi connectivity index (χ3v) is 3.23. The molecule has 1 amide bonds. The van der Waals surface area contributed by atoms with Gasteiger partial charge >= 0.3 is 0 Å². The molecule has 1 aromatic heterocycles. The van der Waals surface area contributed by atoms with Gasteiger partial charge in [-0.2, -0.15) is 5.10 Å². The largest absolute Gasteiger partial charge is 0.394 e. The molecular formula is C12H21N5O. The average molecular weight is 251 g/mol. The van der Waals surface area contributed by atoms with E-state index in [1.54, 1.807) is 0 Å². The summed E-state index contributed by atoms with van der Waals surface area (Å²) in [5.41, 5.74) is 7.59. The molecule has 18 heavy (non-hydrogen) atoms. The maximum absolute atomic E-state index is 11.1. The summed E-state index contributed by atoms with van der Waals surface area (Å²) in [6, 6.07) is 0.472. The molecule has 1 fully saturated rings. The van der Waals surface area contributed by atoms with Crippen LogP contribution >= 0.6 is 0 Å². The van der Waals surface area contributed by atoms with Crippen molar-refractivity contribution in [3.05, 3.63) is 5.69 Å². The van der Waals surface area contributed by atoms with Crippen LogP contribution in [-0.2, 0) is 4.79 Å². The number of aromatic nitrogens is 2. The predicted octanol–water partition coefficient (Wildman–Crippen LogP) is 1.05. The summed E-state index contributed by atoms with van der Waals surface area (Å²) in [6.07, 6.45) is 1.39. The molecule has 0 radical (unpaired) electrons. The van der Waals surface area contributed by atoms with Crippen LogP contribution in [0.15, 0.2) is 0 Å². The fraction of sp³-hybridized carbons (Fsp3) is 0.667. The zero-order valence-electron chi connectivity index (χ0n) is 11.2. The van der Waals surface area contributed by atoms with Crippen molar-refractivity contribution in [3.63, 3.8) is 0 Å². The number of nitrogen functional groups attached to an aromatic ring is 1. The molecule has 0 bridgehead atoms. The number of rotatable bonds is 3. The second-order valence-corrected chi connectivity index (χ2v) is 5.07. The number of nitrogens with one attached hydrogen (secondary N) is 2. The lowest BCUT2D eigenvalue weighted by atomic mass is 10.1.